The first-order chi connectivity index (χ1) is 12.3. The highest BCUT2D eigenvalue weighted by Crippen LogP contribution is 2.13. The molecule has 0 aliphatic heterocycles. The molecular formula is C18H33NO7S. The number of amides is 1. The summed E-state index contributed by atoms with van der Waals surface area (Å²) in [5, 5.41) is 11.1. The SMILES string of the molecule is CC(C)(C)OC(=O)NC(CCC(=O)OCCSCCO)C(=O)OC(C)(C)C. The monoisotopic (exact) mass is 407 g/mol. The summed E-state index contributed by atoms with van der Waals surface area (Å²) >= 11 is 1.47. The fourth-order valence-electron chi connectivity index (χ4n) is 1.79. The highest BCUT2D eigenvalue weighted by atomic mass is 32.2. The quantitative estimate of drug-likeness (QED) is 0.322. The number of nitrogens with one attached hydrogen (secondary N) is 1. The number of aliphatic hydroxyl groups excluding tert-OH is 1. The average Bonchev–Trinajstić information content (AvgIpc) is 2.47. The lowest BCUT2D eigenvalue weighted by atomic mass is 10.1. The van der Waals surface area contributed by atoms with Crippen LogP contribution in [0.25, 0.3) is 0 Å². The van der Waals surface area contributed by atoms with Crippen LogP contribution in [-0.2, 0) is 23.8 Å². The van der Waals surface area contributed by atoms with Crippen LogP contribution < -0.4 is 5.32 Å². The molecule has 0 saturated heterocycles. The Hall–Kier alpha value is -1.48. The summed E-state index contributed by atoms with van der Waals surface area (Å²) in [4.78, 5) is 36.1. The van der Waals surface area contributed by atoms with Crippen molar-refractivity contribution in [1.29, 1.82) is 0 Å². The summed E-state index contributed by atoms with van der Waals surface area (Å²) in [6.07, 6.45) is -0.770. The van der Waals surface area contributed by atoms with E-state index in [1.807, 2.05) is 0 Å². The Morgan fingerprint density at radius 3 is 2.11 bits per heavy atom. The lowest BCUT2D eigenvalue weighted by Gasteiger charge is -2.26. The maximum absolute atomic E-state index is 12.3. The minimum absolute atomic E-state index is 0.0385. The van der Waals surface area contributed by atoms with E-state index in [1.54, 1.807) is 41.5 Å². The normalized spacial score (nSPS) is 12.9. The first kappa shape index (κ1) is 25.5. The summed E-state index contributed by atoms with van der Waals surface area (Å²) in [6.45, 7) is 10.6. The molecule has 2 N–H and O–H groups in total. The third-order valence-corrected chi connectivity index (χ3v) is 3.67. The first-order valence-corrected chi connectivity index (χ1v) is 10.1. The molecule has 0 radical (unpaired) electrons. The second-order valence-corrected chi connectivity index (χ2v) is 9.05. The molecule has 0 bridgehead atoms. The van der Waals surface area contributed by atoms with Crippen LogP contribution in [0.2, 0.25) is 0 Å². The van der Waals surface area contributed by atoms with Gasteiger partial charge >= 0.3 is 18.0 Å². The smallest absolute Gasteiger partial charge is 0.408 e. The van der Waals surface area contributed by atoms with Gasteiger partial charge in [0, 0.05) is 17.9 Å². The van der Waals surface area contributed by atoms with Gasteiger partial charge in [-0.3, -0.25) is 4.79 Å². The number of rotatable bonds is 10. The van der Waals surface area contributed by atoms with Gasteiger partial charge in [0.1, 0.15) is 23.9 Å². The van der Waals surface area contributed by atoms with Gasteiger partial charge in [0.25, 0.3) is 0 Å². The third kappa shape index (κ3) is 15.3. The van der Waals surface area contributed by atoms with E-state index in [9.17, 15) is 14.4 Å². The van der Waals surface area contributed by atoms with Gasteiger partial charge in [0.2, 0.25) is 0 Å². The Labute approximate surface area is 165 Å². The standard InChI is InChI=1S/C18H33NO7S/c1-17(2,3)25-15(22)13(19-16(23)26-18(4,5)6)7-8-14(21)24-10-12-27-11-9-20/h13,20H,7-12H2,1-6H3,(H,19,23). The van der Waals surface area contributed by atoms with E-state index in [2.05, 4.69) is 5.32 Å². The third-order valence-electron chi connectivity index (χ3n) is 2.75. The summed E-state index contributed by atoms with van der Waals surface area (Å²) in [5.74, 6) is 0.0505. The number of thioether (sulfide) groups is 1. The van der Waals surface area contributed by atoms with Crippen molar-refractivity contribution in [3.8, 4) is 0 Å². The van der Waals surface area contributed by atoms with Crippen LogP contribution >= 0.6 is 11.8 Å². The first-order valence-electron chi connectivity index (χ1n) is 8.90. The van der Waals surface area contributed by atoms with Gasteiger partial charge in [-0.05, 0) is 48.0 Å². The van der Waals surface area contributed by atoms with Crippen LogP contribution in [0.3, 0.4) is 0 Å². The van der Waals surface area contributed by atoms with Crippen molar-refractivity contribution in [3.05, 3.63) is 0 Å². The fraction of sp³-hybridized carbons (Fsp3) is 0.833. The van der Waals surface area contributed by atoms with Gasteiger partial charge in [0.05, 0.1) is 6.61 Å². The Bertz CT molecular complexity index is 483. The van der Waals surface area contributed by atoms with E-state index < -0.39 is 35.3 Å². The van der Waals surface area contributed by atoms with E-state index in [-0.39, 0.29) is 26.1 Å². The van der Waals surface area contributed by atoms with Crippen LogP contribution in [0.4, 0.5) is 4.79 Å². The highest BCUT2D eigenvalue weighted by molar-refractivity contribution is 7.99. The predicted octanol–water partition coefficient (Wildman–Crippen LogP) is 2.27. The molecule has 27 heavy (non-hydrogen) atoms. The molecule has 0 aliphatic rings. The number of aliphatic hydroxyl groups is 1. The molecule has 0 rings (SSSR count). The molecule has 1 unspecified atom stereocenters. The molecule has 1 atom stereocenters. The van der Waals surface area contributed by atoms with Crippen LogP contribution in [0.1, 0.15) is 54.4 Å². The van der Waals surface area contributed by atoms with Gasteiger partial charge in [-0.2, -0.15) is 11.8 Å². The maximum Gasteiger partial charge on any atom is 0.408 e. The molecule has 1 amide bonds. The number of carbonyl (C=O) groups is 3. The van der Waals surface area contributed by atoms with E-state index in [4.69, 9.17) is 19.3 Å². The zero-order valence-corrected chi connectivity index (χ0v) is 17.9. The van der Waals surface area contributed by atoms with Crippen molar-refractivity contribution < 1.29 is 33.7 Å². The molecule has 8 nitrogen and oxygen atoms in total. The lowest BCUT2D eigenvalue weighted by Crippen LogP contribution is -2.46. The van der Waals surface area contributed by atoms with Crippen LogP contribution in [0, 0.1) is 0 Å². The number of alkyl carbamates (subject to hydrolysis) is 1. The molecule has 0 aromatic rings. The van der Waals surface area contributed by atoms with Crippen molar-refractivity contribution in [1.82, 2.24) is 5.32 Å². The number of hydrogen-bond donors (Lipinski definition) is 2. The molecule has 0 aromatic carbocycles. The van der Waals surface area contributed by atoms with Crippen molar-refractivity contribution in [2.24, 2.45) is 0 Å². The topological polar surface area (TPSA) is 111 Å². The molecule has 9 heteroatoms. The number of esters is 2. The van der Waals surface area contributed by atoms with Crippen molar-refractivity contribution in [2.45, 2.75) is 71.6 Å². The summed E-state index contributed by atoms with van der Waals surface area (Å²) < 4.78 is 15.5. The molecule has 0 fully saturated rings. The van der Waals surface area contributed by atoms with Crippen LogP contribution in [0.15, 0.2) is 0 Å². The largest absolute Gasteiger partial charge is 0.465 e. The zero-order valence-electron chi connectivity index (χ0n) is 17.1. The van der Waals surface area contributed by atoms with Crippen molar-refractivity contribution in [2.75, 3.05) is 24.7 Å². The Kier molecular flexibility index (Phi) is 11.4. The van der Waals surface area contributed by atoms with Crippen LogP contribution in [-0.4, -0.2) is 65.1 Å². The lowest BCUT2D eigenvalue weighted by molar-refractivity contribution is -0.157. The summed E-state index contributed by atoms with van der Waals surface area (Å²) in [6, 6.07) is -1.02. The van der Waals surface area contributed by atoms with Crippen LogP contribution in [0.5, 0.6) is 0 Å². The van der Waals surface area contributed by atoms with E-state index in [0.717, 1.165) is 0 Å². The number of carbonyl (C=O) groups excluding carboxylic acids is 3. The Balaban J connectivity index is 4.63. The van der Waals surface area contributed by atoms with Gasteiger partial charge in [-0.25, -0.2) is 9.59 Å². The molecule has 0 aliphatic carbocycles. The maximum atomic E-state index is 12.3. The predicted molar refractivity (Wildman–Crippen MR) is 104 cm³/mol. The van der Waals surface area contributed by atoms with Gasteiger partial charge in [-0.1, -0.05) is 0 Å². The minimum Gasteiger partial charge on any atom is -0.465 e. The second-order valence-electron chi connectivity index (χ2n) is 7.83. The Morgan fingerprint density at radius 1 is 1.00 bits per heavy atom. The number of ether oxygens (including phenoxy) is 3. The molecule has 158 valence electrons. The molecular weight excluding hydrogens is 374 g/mol. The second kappa shape index (κ2) is 12.1. The van der Waals surface area contributed by atoms with Crippen molar-refractivity contribution >= 4 is 29.8 Å². The zero-order chi connectivity index (χ0) is 21.1. The Morgan fingerprint density at radius 2 is 1.59 bits per heavy atom. The average molecular weight is 408 g/mol. The van der Waals surface area contributed by atoms with E-state index in [0.29, 0.717) is 11.5 Å². The molecule has 0 aromatic heterocycles. The fourth-order valence-corrected chi connectivity index (χ4v) is 2.32. The highest BCUT2D eigenvalue weighted by Gasteiger charge is 2.29. The van der Waals surface area contributed by atoms with E-state index in [1.165, 1.54) is 11.8 Å². The molecule has 0 saturated carbocycles. The van der Waals surface area contributed by atoms with E-state index >= 15 is 0 Å². The number of hydrogen-bond acceptors (Lipinski definition) is 8. The van der Waals surface area contributed by atoms with Gasteiger partial charge in [0.15, 0.2) is 0 Å². The van der Waals surface area contributed by atoms with Gasteiger partial charge in [-0.15, -0.1) is 0 Å². The van der Waals surface area contributed by atoms with Gasteiger partial charge < -0.3 is 24.6 Å². The summed E-state index contributed by atoms with van der Waals surface area (Å²) in [7, 11) is 0. The molecule has 0 spiro atoms. The minimum atomic E-state index is -1.02. The summed E-state index contributed by atoms with van der Waals surface area (Å²) in [5.41, 5.74) is -1.44. The molecule has 0 heterocycles. The van der Waals surface area contributed by atoms with Crippen molar-refractivity contribution in [3.63, 3.8) is 0 Å².